The largest absolute Gasteiger partial charge is 0.271 e. The number of rotatable bonds is 3. The van der Waals surface area contributed by atoms with E-state index in [1.807, 2.05) is 0 Å². The Hall–Kier alpha value is -1.30. The Balaban J connectivity index is 2.56. The fourth-order valence-electron chi connectivity index (χ4n) is 2.51. The smallest absolute Gasteiger partial charge is 0.0861 e. The zero-order chi connectivity index (χ0) is 15.8. The van der Waals surface area contributed by atoms with E-state index in [-0.39, 0.29) is 11.5 Å². The minimum absolute atomic E-state index is 0.0505. The van der Waals surface area contributed by atoms with Crippen LogP contribution in [0.1, 0.15) is 59.6 Å². The number of aryl methyl sites for hydroxylation is 3. The molecule has 0 amide bonds. The third-order valence-corrected chi connectivity index (χ3v) is 4.64. The lowest BCUT2D eigenvalue weighted by Crippen LogP contribution is -2.31. The second-order valence-electron chi connectivity index (χ2n) is 6.63. The average Bonchev–Trinajstić information content (AvgIpc) is 2.85. The quantitative estimate of drug-likeness (QED) is 0.674. The van der Waals surface area contributed by atoms with Gasteiger partial charge in [0.1, 0.15) is 0 Å². The van der Waals surface area contributed by atoms with E-state index in [4.69, 9.17) is 5.84 Å². The van der Waals surface area contributed by atoms with Gasteiger partial charge in [-0.25, -0.2) is 5.43 Å². The lowest BCUT2D eigenvalue weighted by atomic mass is 9.87. The van der Waals surface area contributed by atoms with Gasteiger partial charge in [-0.2, -0.15) is 0 Å². The molecule has 114 valence electrons. The van der Waals surface area contributed by atoms with Crippen molar-refractivity contribution < 1.29 is 0 Å². The van der Waals surface area contributed by atoms with Crippen LogP contribution in [0.25, 0.3) is 0 Å². The Morgan fingerprint density at radius 1 is 1.10 bits per heavy atom. The standard InChI is InChI=1S/C16H24N4S/c1-9-7-11(3)12(8-10(9)2)13(18-17)14-15(16(4,5)6)19-20-21-14/h7-8,13,18H,17H2,1-6H3. The second-order valence-corrected chi connectivity index (χ2v) is 7.41. The summed E-state index contributed by atoms with van der Waals surface area (Å²) in [6.07, 6.45) is 0. The molecule has 0 aliphatic carbocycles. The van der Waals surface area contributed by atoms with Crippen molar-refractivity contribution in [3.05, 3.63) is 45.0 Å². The summed E-state index contributed by atoms with van der Waals surface area (Å²) >= 11 is 1.42. The zero-order valence-corrected chi connectivity index (χ0v) is 14.4. The van der Waals surface area contributed by atoms with Gasteiger partial charge in [-0.1, -0.05) is 37.4 Å². The Morgan fingerprint density at radius 3 is 2.29 bits per heavy atom. The fourth-order valence-corrected chi connectivity index (χ4v) is 3.45. The number of hydrogen-bond acceptors (Lipinski definition) is 5. The third-order valence-electron chi connectivity index (χ3n) is 3.85. The van der Waals surface area contributed by atoms with E-state index in [2.05, 4.69) is 68.7 Å². The van der Waals surface area contributed by atoms with Crippen LogP contribution < -0.4 is 11.3 Å². The molecule has 2 aromatic rings. The predicted octanol–water partition coefficient (Wildman–Crippen LogP) is 3.31. The molecular formula is C16H24N4S. The predicted molar refractivity (Wildman–Crippen MR) is 88.4 cm³/mol. The van der Waals surface area contributed by atoms with Gasteiger partial charge in [-0.3, -0.25) is 5.84 Å². The van der Waals surface area contributed by atoms with Gasteiger partial charge in [0, 0.05) is 5.41 Å². The molecule has 0 bridgehead atoms. The van der Waals surface area contributed by atoms with Gasteiger partial charge in [-0.05, 0) is 54.6 Å². The molecule has 5 heteroatoms. The van der Waals surface area contributed by atoms with Crippen molar-refractivity contribution in [2.75, 3.05) is 0 Å². The molecule has 0 saturated carbocycles. The number of hydrogen-bond donors (Lipinski definition) is 2. The van der Waals surface area contributed by atoms with Crippen LogP contribution in [0.3, 0.4) is 0 Å². The van der Waals surface area contributed by atoms with Gasteiger partial charge in [0.15, 0.2) is 0 Å². The van der Waals surface area contributed by atoms with Crippen LogP contribution >= 0.6 is 11.5 Å². The molecule has 1 heterocycles. The molecular weight excluding hydrogens is 280 g/mol. The monoisotopic (exact) mass is 304 g/mol. The molecule has 2 rings (SSSR count). The maximum atomic E-state index is 5.87. The Morgan fingerprint density at radius 2 is 1.71 bits per heavy atom. The van der Waals surface area contributed by atoms with Gasteiger partial charge in [0.2, 0.25) is 0 Å². The minimum atomic E-state index is -0.0708. The highest BCUT2D eigenvalue weighted by Gasteiger charge is 2.28. The summed E-state index contributed by atoms with van der Waals surface area (Å²) in [7, 11) is 0. The molecule has 1 unspecified atom stereocenters. The Bertz CT molecular complexity index is 640. The highest BCUT2D eigenvalue weighted by Crippen LogP contribution is 2.35. The molecule has 21 heavy (non-hydrogen) atoms. The van der Waals surface area contributed by atoms with Crippen LogP contribution in [0.2, 0.25) is 0 Å². The molecule has 0 fully saturated rings. The van der Waals surface area contributed by atoms with E-state index in [1.165, 1.54) is 33.8 Å². The molecule has 1 atom stereocenters. The number of nitrogens with zero attached hydrogens (tertiary/aromatic N) is 2. The first-order valence-electron chi connectivity index (χ1n) is 7.12. The number of nitrogens with two attached hydrogens (primary N) is 1. The lowest BCUT2D eigenvalue weighted by Gasteiger charge is -2.23. The second kappa shape index (κ2) is 5.83. The Labute approximate surface area is 130 Å². The highest BCUT2D eigenvalue weighted by molar-refractivity contribution is 7.05. The van der Waals surface area contributed by atoms with Crippen LogP contribution in [-0.2, 0) is 5.41 Å². The number of aromatic nitrogens is 2. The van der Waals surface area contributed by atoms with Gasteiger partial charge in [-0.15, -0.1) is 5.10 Å². The molecule has 0 aliphatic heterocycles. The normalized spacial score (nSPS) is 13.5. The highest BCUT2D eigenvalue weighted by atomic mass is 32.1. The first-order chi connectivity index (χ1) is 9.75. The first kappa shape index (κ1) is 16.1. The number of nitrogens with one attached hydrogen (secondary N) is 1. The summed E-state index contributed by atoms with van der Waals surface area (Å²) < 4.78 is 4.15. The van der Waals surface area contributed by atoms with Crippen molar-refractivity contribution in [3.63, 3.8) is 0 Å². The molecule has 4 nitrogen and oxygen atoms in total. The summed E-state index contributed by atoms with van der Waals surface area (Å²) in [5.74, 6) is 5.87. The van der Waals surface area contributed by atoms with Crippen LogP contribution in [-0.4, -0.2) is 9.59 Å². The van der Waals surface area contributed by atoms with Crippen LogP contribution in [0, 0.1) is 20.8 Å². The summed E-state index contributed by atoms with van der Waals surface area (Å²) in [5.41, 5.74) is 8.90. The van der Waals surface area contributed by atoms with Gasteiger partial charge in [0.05, 0.1) is 16.6 Å². The van der Waals surface area contributed by atoms with Crippen LogP contribution in [0.4, 0.5) is 0 Å². The van der Waals surface area contributed by atoms with E-state index in [9.17, 15) is 0 Å². The lowest BCUT2D eigenvalue weighted by molar-refractivity contribution is 0.543. The minimum Gasteiger partial charge on any atom is -0.271 e. The summed E-state index contributed by atoms with van der Waals surface area (Å²) in [4.78, 5) is 1.09. The molecule has 0 radical (unpaired) electrons. The van der Waals surface area contributed by atoms with Crippen molar-refractivity contribution in [3.8, 4) is 0 Å². The van der Waals surface area contributed by atoms with E-state index in [0.717, 1.165) is 10.6 Å². The van der Waals surface area contributed by atoms with Gasteiger partial charge in [0.25, 0.3) is 0 Å². The van der Waals surface area contributed by atoms with Crippen molar-refractivity contribution >= 4 is 11.5 Å². The van der Waals surface area contributed by atoms with Crippen molar-refractivity contribution in [2.24, 2.45) is 5.84 Å². The molecule has 3 N–H and O–H groups in total. The summed E-state index contributed by atoms with van der Waals surface area (Å²) in [6, 6.07) is 4.35. The Kier molecular flexibility index (Phi) is 4.46. The molecule has 0 spiro atoms. The first-order valence-corrected chi connectivity index (χ1v) is 7.89. The summed E-state index contributed by atoms with van der Waals surface area (Å²) in [5, 5.41) is 4.32. The van der Waals surface area contributed by atoms with E-state index in [0.29, 0.717) is 0 Å². The van der Waals surface area contributed by atoms with Crippen LogP contribution in [0.5, 0.6) is 0 Å². The summed E-state index contributed by atoms with van der Waals surface area (Å²) in [6.45, 7) is 12.8. The molecule has 0 saturated heterocycles. The van der Waals surface area contributed by atoms with E-state index >= 15 is 0 Å². The van der Waals surface area contributed by atoms with Crippen molar-refractivity contribution in [2.45, 2.75) is 53.0 Å². The van der Waals surface area contributed by atoms with E-state index < -0.39 is 0 Å². The third kappa shape index (κ3) is 3.15. The van der Waals surface area contributed by atoms with Crippen LogP contribution in [0.15, 0.2) is 12.1 Å². The number of benzene rings is 1. The van der Waals surface area contributed by atoms with Crippen molar-refractivity contribution in [1.29, 1.82) is 0 Å². The SMILES string of the molecule is Cc1cc(C)c(C(NN)c2snnc2C(C)(C)C)cc1C. The molecule has 0 aliphatic rings. The average molecular weight is 304 g/mol. The molecule has 1 aromatic carbocycles. The maximum Gasteiger partial charge on any atom is 0.0861 e. The van der Waals surface area contributed by atoms with Crippen molar-refractivity contribution in [1.82, 2.24) is 15.0 Å². The molecule has 1 aromatic heterocycles. The maximum absolute atomic E-state index is 5.87. The fraction of sp³-hybridized carbons (Fsp3) is 0.500. The topological polar surface area (TPSA) is 63.8 Å². The van der Waals surface area contributed by atoms with E-state index in [1.54, 1.807) is 0 Å². The van der Waals surface area contributed by atoms with Gasteiger partial charge < -0.3 is 0 Å². The number of hydrazine groups is 1. The van der Waals surface area contributed by atoms with Gasteiger partial charge >= 0.3 is 0 Å². The zero-order valence-electron chi connectivity index (χ0n) is 13.6.